The van der Waals surface area contributed by atoms with E-state index >= 15 is 0 Å². The van der Waals surface area contributed by atoms with Gasteiger partial charge in [0.05, 0.1) is 18.2 Å². The Balaban J connectivity index is 1.94. The van der Waals surface area contributed by atoms with E-state index in [0.29, 0.717) is 28.9 Å². The average Bonchev–Trinajstić information content (AvgIpc) is 2.65. The molecule has 0 aliphatic heterocycles. The summed E-state index contributed by atoms with van der Waals surface area (Å²) in [7, 11) is 1.56. The standard InChI is InChI=1S/C19H19ClN2O4/c1-24-15-7-6-14(13-22-19(23)8-9-21)18(12-15)26-11-10-25-17-5-3-2-4-16(17)20/h2-7,12H,8,10-11,13H2,1H3,(H,22,23). The molecule has 0 aliphatic carbocycles. The highest BCUT2D eigenvalue weighted by Gasteiger charge is 2.08. The number of nitrogens with one attached hydrogen (secondary N) is 1. The molecule has 0 bridgehead atoms. The van der Waals surface area contributed by atoms with Gasteiger partial charge in [0, 0.05) is 18.2 Å². The van der Waals surface area contributed by atoms with Crippen LogP contribution in [0.5, 0.6) is 17.2 Å². The quantitative estimate of drug-likeness (QED) is 0.681. The molecule has 0 saturated heterocycles. The number of halogens is 1. The van der Waals surface area contributed by atoms with E-state index in [9.17, 15) is 4.79 Å². The van der Waals surface area contributed by atoms with Crippen LogP contribution in [0.2, 0.25) is 5.02 Å². The zero-order chi connectivity index (χ0) is 18.8. The molecule has 1 amide bonds. The van der Waals surface area contributed by atoms with Gasteiger partial charge in [-0.1, -0.05) is 23.7 Å². The zero-order valence-electron chi connectivity index (χ0n) is 14.3. The summed E-state index contributed by atoms with van der Waals surface area (Å²) in [6.07, 6.45) is -0.183. The molecule has 2 aromatic rings. The Morgan fingerprint density at radius 3 is 2.58 bits per heavy atom. The highest BCUT2D eigenvalue weighted by Crippen LogP contribution is 2.26. The Kier molecular flexibility index (Phi) is 7.59. The van der Waals surface area contributed by atoms with Gasteiger partial charge in [0.15, 0.2) is 0 Å². The summed E-state index contributed by atoms with van der Waals surface area (Å²) in [5, 5.41) is 11.7. The van der Waals surface area contributed by atoms with Crippen molar-refractivity contribution < 1.29 is 19.0 Å². The van der Waals surface area contributed by atoms with E-state index in [1.807, 2.05) is 18.2 Å². The monoisotopic (exact) mass is 374 g/mol. The second-order valence-electron chi connectivity index (χ2n) is 5.21. The van der Waals surface area contributed by atoms with Crippen molar-refractivity contribution in [3.8, 4) is 23.3 Å². The second-order valence-corrected chi connectivity index (χ2v) is 5.62. The largest absolute Gasteiger partial charge is 0.497 e. The van der Waals surface area contributed by atoms with Crippen molar-refractivity contribution in [2.45, 2.75) is 13.0 Å². The van der Waals surface area contributed by atoms with Crippen LogP contribution in [-0.2, 0) is 11.3 Å². The van der Waals surface area contributed by atoms with Crippen molar-refractivity contribution in [1.29, 1.82) is 5.26 Å². The van der Waals surface area contributed by atoms with Crippen molar-refractivity contribution in [2.24, 2.45) is 0 Å². The first kappa shape index (κ1) is 19.4. The molecule has 0 radical (unpaired) electrons. The number of nitriles is 1. The molecule has 0 aliphatic rings. The maximum absolute atomic E-state index is 11.5. The summed E-state index contributed by atoms with van der Waals surface area (Å²) in [6.45, 7) is 0.851. The van der Waals surface area contributed by atoms with Crippen LogP contribution in [0.3, 0.4) is 0 Å². The highest BCUT2D eigenvalue weighted by molar-refractivity contribution is 6.32. The molecule has 0 heterocycles. The predicted octanol–water partition coefficient (Wildman–Crippen LogP) is 3.34. The second kappa shape index (κ2) is 10.2. The van der Waals surface area contributed by atoms with Gasteiger partial charge in [0.2, 0.25) is 5.91 Å². The Morgan fingerprint density at radius 1 is 1.15 bits per heavy atom. The maximum atomic E-state index is 11.5. The number of carbonyl (C=O) groups is 1. The van der Waals surface area contributed by atoms with Crippen LogP contribution in [-0.4, -0.2) is 26.2 Å². The fourth-order valence-corrected chi connectivity index (χ4v) is 2.33. The minimum atomic E-state index is -0.337. The number of para-hydroxylation sites is 1. The van der Waals surface area contributed by atoms with Crippen LogP contribution in [0.25, 0.3) is 0 Å². The molecule has 136 valence electrons. The van der Waals surface area contributed by atoms with Crippen molar-refractivity contribution in [3.05, 3.63) is 53.1 Å². The SMILES string of the molecule is COc1ccc(CNC(=O)CC#N)c(OCCOc2ccccc2Cl)c1. The summed E-state index contributed by atoms with van der Waals surface area (Å²) in [5.41, 5.74) is 0.773. The van der Waals surface area contributed by atoms with Gasteiger partial charge in [-0.25, -0.2) is 0 Å². The van der Waals surface area contributed by atoms with Crippen LogP contribution < -0.4 is 19.5 Å². The maximum Gasteiger partial charge on any atom is 0.234 e. The van der Waals surface area contributed by atoms with Gasteiger partial charge in [0.1, 0.15) is 36.9 Å². The van der Waals surface area contributed by atoms with Gasteiger partial charge in [0.25, 0.3) is 0 Å². The number of methoxy groups -OCH3 is 1. The topological polar surface area (TPSA) is 80.6 Å². The van der Waals surface area contributed by atoms with Crippen LogP contribution in [0.1, 0.15) is 12.0 Å². The minimum Gasteiger partial charge on any atom is -0.497 e. The number of benzene rings is 2. The lowest BCUT2D eigenvalue weighted by Crippen LogP contribution is -2.22. The van der Waals surface area contributed by atoms with Gasteiger partial charge in [-0.2, -0.15) is 5.26 Å². The van der Waals surface area contributed by atoms with Crippen LogP contribution >= 0.6 is 11.6 Å². The van der Waals surface area contributed by atoms with E-state index in [-0.39, 0.29) is 25.5 Å². The fraction of sp³-hybridized carbons (Fsp3) is 0.263. The number of nitrogens with zero attached hydrogens (tertiary/aromatic N) is 1. The molecule has 0 aromatic heterocycles. The molecule has 7 heteroatoms. The molecule has 0 unspecified atom stereocenters. The summed E-state index contributed by atoms with van der Waals surface area (Å²) >= 11 is 6.04. The Hall–Kier alpha value is -2.91. The van der Waals surface area contributed by atoms with Gasteiger partial charge in [-0.15, -0.1) is 0 Å². The summed E-state index contributed by atoms with van der Waals surface area (Å²) < 4.78 is 16.6. The van der Waals surface area contributed by atoms with E-state index < -0.39 is 0 Å². The van der Waals surface area contributed by atoms with Gasteiger partial charge < -0.3 is 19.5 Å². The molecule has 26 heavy (non-hydrogen) atoms. The molecule has 0 saturated carbocycles. The third kappa shape index (κ3) is 5.87. The molecule has 6 nitrogen and oxygen atoms in total. The molecule has 2 aromatic carbocycles. The van der Waals surface area contributed by atoms with Crippen LogP contribution in [0.4, 0.5) is 0 Å². The molecule has 0 spiro atoms. The number of carbonyl (C=O) groups excluding carboxylic acids is 1. The zero-order valence-corrected chi connectivity index (χ0v) is 15.1. The first-order valence-corrected chi connectivity index (χ1v) is 8.32. The Morgan fingerprint density at radius 2 is 1.88 bits per heavy atom. The number of ether oxygens (including phenoxy) is 3. The van der Waals surface area contributed by atoms with Crippen molar-refractivity contribution in [2.75, 3.05) is 20.3 Å². The molecule has 0 atom stereocenters. The van der Waals surface area contributed by atoms with Crippen molar-refractivity contribution >= 4 is 17.5 Å². The van der Waals surface area contributed by atoms with Gasteiger partial charge in [-0.3, -0.25) is 4.79 Å². The Bertz CT molecular complexity index is 789. The molecular formula is C19H19ClN2O4. The minimum absolute atomic E-state index is 0.183. The van der Waals surface area contributed by atoms with E-state index in [1.54, 1.807) is 37.4 Å². The lowest BCUT2D eigenvalue weighted by atomic mass is 10.2. The van der Waals surface area contributed by atoms with Gasteiger partial charge in [-0.05, 0) is 24.3 Å². The number of rotatable bonds is 9. The van der Waals surface area contributed by atoms with E-state index in [4.69, 9.17) is 31.1 Å². The molecule has 0 fully saturated rings. The normalized spacial score (nSPS) is 9.88. The summed E-state index contributed by atoms with van der Waals surface area (Å²) in [5.74, 6) is 1.47. The van der Waals surface area contributed by atoms with Crippen LogP contribution in [0, 0.1) is 11.3 Å². The number of amides is 1. The fourth-order valence-electron chi connectivity index (χ4n) is 2.14. The molecular weight excluding hydrogens is 356 g/mol. The van der Waals surface area contributed by atoms with Crippen molar-refractivity contribution in [3.63, 3.8) is 0 Å². The molecule has 1 N–H and O–H groups in total. The highest BCUT2D eigenvalue weighted by atomic mass is 35.5. The Labute approximate surface area is 157 Å². The first-order valence-electron chi connectivity index (χ1n) is 7.94. The van der Waals surface area contributed by atoms with E-state index in [1.165, 1.54) is 0 Å². The third-order valence-electron chi connectivity index (χ3n) is 3.43. The number of hydrogen-bond donors (Lipinski definition) is 1. The summed E-state index contributed by atoms with van der Waals surface area (Å²) in [6, 6.07) is 14.3. The number of hydrogen-bond acceptors (Lipinski definition) is 5. The lowest BCUT2D eigenvalue weighted by Gasteiger charge is -2.14. The van der Waals surface area contributed by atoms with Gasteiger partial charge >= 0.3 is 0 Å². The van der Waals surface area contributed by atoms with E-state index in [2.05, 4.69) is 5.32 Å². The smallest absolute Gasteiger partial charge is 0.234 e. The average molecular weight is 375 g/mol. The summed E-state index contributed by atoms with van der Waals surface area (Å²) in [4.78, 5) is 11.5. The lowest BCUT2D eigenvalue weighted by molar-refractivity contribution is -0.120. The van der Waals surface area contributed by atoms with Crippen molar-refractivity contribution in [1.82, 2.24) is 5.32 Å². The first-order chi connectivity index (χ1) is 12.6. The predicted molar refractivity (Wildman–Crippen MR) is 97.5 cm³/mol. The van der Waals surface area contributed by atoms with E-state index in [0.717, 1.165) is 5.56 Å². The third-order valence-corrected chi connectivity index (χ3v) is 3.74. The van der Waals surface area contributed by atoms with Crippen LogP contribution in [0.15, 0.2) is 42.5 Å². The molecule has 2 rings (SSSR count).